The minimum Gasteiger partial charge on any atom is -0.342 e. The molecular weight excluding hydrogens is 434 g/mol. The highest BCUT2D eigenvalue weighted by atomic mass is 32.2. The molecule has 11 heteroatoms. The topological polar surface area (TPSA) is 119 Å². The largest absolute Gasteiger partial charge is 0.342 e. The summed E-state index contributed by atoms with van der Waals surface area (Å²) < 4.78 is 27.7. The molecule has 0 aromatic heterocycles. The molecule has 1 aromatic rings. The summed E-state index contributed by atoms with van der Waals surface area (Å²) in [5.74, 6) is -0.492. The second-order valence-electron chi connectivity index (χ2n) is 7.72. The zero-order chi connectivity index (χ0) is 23.9. The smallest absolute Gasteiger partial charge is 0.241 e. The van der Waals surface area contributed by atoms with E-state index in [1.165, 1.54) is 38.1 Å². The van der Waals surface area contributed by atoms with Crippen LogP contribution in [0.4, 0.5) is 5.69 Å². The third-order valence-corrected chi connectivity index (χ3v) is 6.90. The number of nitrogens with one attached hydrogen (secondary N) is 2. The van der Waals surface area contributed by atoms with Gasteiger partial charge in [-0.25, -0.2) is 8.42 Å². The van der Waals surface area contributed by atoms with Crippen LogP contribution in [0.15, 0.2) is 29.2 Å². The van der Waals surface area contributed by atoms with Crippen LogP contribution < -0.4 is 10.0 Å². The summed E-state index contributed by atoms with van der Waals surface area (Å²) in [4.78, 5) is 41.5. The number of carbonyl (C=O) groups excluding carboxylic acids is 3. The van der Waals surface area contributed by atoms with E-state index in [4.69, 9.17) is 0 Å². The zero-order valence-corrected chi connectivity index (χ0v) is 19.9. The maximum Gasteiger partial charge on any atom is 0.241 e. The molecule has 0 saturated carbocycles. The average Bonchev–Trinajstić information content (AvgIpc) is 2.74. The third-order valence-electron chi connectivity index (χ3n) is 5.35. The Hall–Kier alpha value is -2.50. The van der Waals surface area contributed by atoms with E-state index in [0.717, 1.165) is 0 Å². The van der Waals surface area contributed by atoms with E-state index in [0.29, 0.717) is 51.5 Å². The zero-order valence-electron chi connectivity index (χ0n) is 19.1. The highest BCUT2D eigenvalue weighted by Gasteiger charge is 2.29. The molecule has 1 aliphatic heterocycles. The quantitative estimate of drug-likeness (QED) is 0.540. The van der Waals surface area contributed by atoms with Crippen LogP contribution in [0.3, 0.4) is 0 Å². The van der Waals surface area contributed by atoms with Gasteiger partial charge in [0.05, 0.1) is 17.5 Å². The van der Waals surface area contributed by atoms with Crippen LogP contribution in [0, 0.1) is 0 Å². The standard InChI is InChI=1S/C21H33N5O5S/c1-5-25(6-2)20(28)15-24-11-13-26(14-12-24)21(29)16(3)23-32(30,31)19-9-7-18(8-10-19)22-17(4)27/h7-10,16,23H,5-6,11-15H2,1-4H3,(H,22,27)/t16-/m0/s1. The number of hydrogen-bond acceptors (Lipinski definition) is 6. The first-order valence-electron chi connectivity index (χ1n) is 10.8. The fraction of sp³-hybridized carbons (Fsp3) is 0.571. The molecule has 1 aromatic carbocycles. The van der Waals surface area contributed by atoms with Crippen LogP contribution in [-0.4, -0.2) is 92.7 Å². The molecule has 1 heterocycles. The average molecular weight is 468 g/mol. The van der Waals surface area contributed by atoms with Crippen LogP contribution in [0.2, 0.25) is 0 Å². The maximum atomic E-state index is 12.8. The Bertz CT molecular complexity index is 907. The van der Waals surface area contributed by atoms with Gasteiger partial charge in [0.2, 0.25) is 27.7 Å². The number of piperazine rings is 1. The second kappa shape index (κ2) is 11.4. The van der Waals surface area contributed by atoms with Gasteiger partial charge in [0.1, 0.15) is 0 Å². The number of rotatable bonds is 9. The summed E-state index contributed by atoms with van der Waals surface area (Å²) in [7, 11) is -3.90. The number of nitrogens with zero attached hydrogens (tertiary/aromatic N) is 3. The van der Waals surface area contributed by atoms with E-state index in [2.05, 4.69) is 10.0 Å². The molecular formula is C21H33N5O5S. The Morgan fingerprint density at radius 3 is 2.09 bits per heavy atom. The van der Waals surface area contributed by atoms with Crippen molar-refractivity contribution in [1.82, 2.24) is 19.4 Å². The summed E-state index contributed by atoms with van der Waals surface area (Å²) >= 11 is 0. The Balaban J connectivity index is 1.90. The molecule has 0 bridgehead atoms. The number of amides is 3. The molecule has 0 spiro atoms. The van der Waals surface area contributed by atoms with Crippen molar-refractivity contribution in [1.29, 1.82) is 0 Å². The van der Waals surface area contributed by atoms with Gasteiger partial charge < -0.3 is 15.1 Å². The van der Waals surface area contributed by atoms with Gasteiger partial charge in [-0.05, 0) is 45.0 Å². The fourth-order valence-electron chi connectivity index (χ4n) is 3.54. The summed E-state index contributed by atoms with van der Waals surface area (Å²) in [6.45, 7) is 10.4. The summed E-state index contributed by atoms with van der Waals surface area (Å²) in [6.07, 6.45) is 0. The molecule has 3 amide bonds. The Morgan fingerprint density at radius 1 is 1.03 bits per heavy atom. The Labute approximate surface area is 190 Å². The molecule has 2 N–H and O–H groups in total. The van der Waals surface area contributed by atoms with Crippen molar-refractivity contribution < 1.29 is 22.8 Å². The van der Waals surface area contributed by atoms with E-state index in [1.807, 2.05) is 18.7 Å². The molecule has 178 valence electrons. The highest BCUT2D eigenvalue weighted by molar-refractivity contribution is 7.89. The monoisotopic (exact) mass is 467 g/mol. The van der Waals surface area contributed by atoms with Gasteiger partial charge in [0.25, 0.3) is 0 Å². The van der Waals surface area contributed by atoms with Crippen molar-refractivity contribution in [2.75, 3.05) is 51.1 Å². The van der Waals surface area contributed by atoms with Crippen LogP contribution in [-0.2, 0) is 24.4 Å². The lowest BCUT2D eigenvalue weighted by molar-refractivity contribution is -0.136. The second-order valence-corrected chi connectivity index (χ2v) is 9.43. The predicted octanol–water partition coefficient (Wildman–Crippen LogP) is 0.324. The van der Waals surface area contributed by atoms with E-state index >= 15 is 0 Å². The normalized spacial score (nSPS) is 15.8. The number of sulfonamides is 1. The number of hydrogen-bond donors (Lipinski definition) is 2. The summed E-state index contributed by atoms with van der Waals surface area (Å²) in [6, 6.07) is 4.79. The minimum atomic E-state index is -3.90. The molecule has 1 aliphatic rings. The molecule has 2 rings (SSSR count). The number of carbonyl (C=O) groups is 3. The lowest BCUT2D eigenvalue weighted by Crippen LogP contribution is -2.55. The SMILES string of the molecule is CCN(CC)C(=O)CN1CCN(C(=O)[C@H](C)NS(=O)(=O)c2ccc(NC(C)=O)cc2)CC1. The first kappa shape index (κ1) is 25.8. The minimum absolute atomic E-state index is 0.00554. The molecule has 1 fully saturated rings. The van der Waals surface area contributed by atoms with Crippen LogP contribution in [0.1, 0.15) is 27.7 Å². The number of anilines is 1. The fourth-order valence-corrected chi connectivity index (χ4v) is 4.74. The van der Waals surface area contributed by atoms with Crippen molar-refractivity contribution in [3.05, 3.63) is 24.3 Å². The Morgan fingerprint density at radius 2 is 1.59 bits per heavy atom. The molecule has 32 heavy (non-hydrogen) atoms. The highest BCUT2D eigenvalue weighted by Crippen LogP contribution is 2.15. The van der Waals surface area contributed by atoms with Crippen molar-refractivity contribution in [2.24, 2.45) is 0 Å². The van der Waals surface area contributed by atoms with Gasteiger partial charge in [0.15, 0.2) is 0 Å². The number of likely N-dealkylation sites (N-methyl/N-ethyl adjacent to an activating group) is 1. The first-order valence-corrected chi connectivity index (χ1v) is 12.2. The van der Waals surface area contributed by atoms with Crippen molar-refractivity contribution in [3.63, 3.8) is 0 Å². The summed E-state index contributed by atoms with van der Waals surface area (Å²) in [5, 5.41) is 2.57. The van der Waals surface area contributed by atoms with E-state index < -0.39 is 16.1 Å². The van der Waals surface area contributed by atoms with Crippen molar-refractivity contribution in [2.45, 2.75) is 38.6 Å². The van der Waals surface area contributed by atoms with E-state index in [9.17, 15) is 22.8 Å². The number of benzene rings is 1. The van der Waals surface area contributed by atoms with Crippen LogP contribution in [0.25, 0.3) is 0 Å². The lowest BCUT2D eigenvalue weighted by atomic mass is 10.2. The molecule has 10 nitrogen and oxygen atoms in total. The third kappa shape index (κ3) is 7.01. The first-order chi connectivity index (χ1) is 15.1. The maximum absolute atomic E-state index is 12.8. The lowest BCUT2D eigenvalue weighted by Gasteiger charge is -2.36. The van der Waals surface area contributed by atoms with Crippen molar-refractivity contribution in [3.8, 4) is 0 Å². The van der Waals surface area contributed by atoms with Gasteiger partial charge in [-0.1, -0.05) is 0 Å². The molecule has 0 unspecified atom stereocenters. The summed E-state index contributed by atoms with van der Waals surface area (Å²) in [5.41, 5.74) is 0.484. The van der Waals surface area contributed by atoms with Crippen LogP contribution >= 0.6 is 0 Å². The van der Waals surface area contributed by atoms with Crippen molar-refractivity contribution >= 4 is 33.4 Å². The van der Waals surface area contributed by atoms with Gasteiger partial charge in [0, 0.05) is 51.9 Å². The van der Waals surface area contributed by atoms with Gasteiger partial charge in [-0.2, -0.15) is 4.72 Å². The van der Waals surface area contributed by atoms with E-state index in [-0.39, 0.29) is 22.6 Å². The molecule has 1 saturated heterocycles. The van der Waals surface area contributed by atoms with E-state index in [1.54, 1.807) is 9.80 Å². The van der Waals surface area contributed by atoms with Gasteiger partial charge in [-0.15, -0.1) is 0 Å². The molecule has 1 atom stereocenters. The molecule has 0 aliphatic carbocycles. The van der Waals surface area contributed by atoms with Gasteiger partial charge in [-0.3, -0.25) is 19.3 Å². The van der Waals surface area contributed by atoms with Crippen LogP contribution in [0.5, 0.6) is 0 Å². The Kier molecular flexibility index (Phi) is 9.17. The molecule has 0 radical (unpaired) electrons. The van der Waals surface area contributed by atoms with Gasteiger partial charge >= 0.3 is 0 Å². The predicted molar refractivity (Wildman–Crippen MR) is 121 cm³/mol.